The van der Waals surface area contributed by atoms with Crippen molar-refractivity contribution in [3.8, 4) is 5.75 Å². The molecule has 0 atom stereocenters. The van der Waals surface area contributed by atoms with Crippen LogP contribution in [0.4, 0.5) is 5.69 Å². The summed E-state index contributed by atoms with van der Waals surface area (Å²) in [5.41, 5.74) is 6.27. The Morgan fingerprint density at radius 3 is 1.86 bits per heavy atom. The van der Waals surface area contributed by atoms with Gasteiger partial charge in [-0.25, -0.2) is 0 Å². The summed E-state index contributed by atoms with van der Waals surface area (Å²) in [6.45, 7) is 0. The van der Waals surface area contributed by atoms with Gasteiger partial charge in [-0.05, 0) is 33.7 Å². The van der Waals surface area contributed by atoms with Gasteiger partial charge in [-0.2, -0.15) is 0 Å². The average molecular weight is 285 g/mol. The Kier molecular flexibility index (Phi) is 3.92. The average Bonchev–Trinajstić information content (AvgIpc) is 2.55. The molecule has 106 valence electrons. The number of hydrogen-bond acceptors (Lipinski definition) is 2. The molecule has 2 heteroatoms. The predicted molar refractivity (Wildman–Crippen MR) is 91.6 cm³/mol. The van der Waals surface area contributed by atoms with Gasteiger partial charge in [-0.15, -0.1) is 0 Å². The smallest absolute Gasteiger partial charge is 0.124 e. The fourth-order valence-electron chi connectivity index (χ4n) is 2.24. The van der Waals surface area contributed by atoms with Gasteiger partial charge in [-0.3, -0.25) is 0 Å². The molecule has 3 N–H and O–H groups in total. The molecule has 0 bridgehead atoms. The van der Waals surface area contributed by atoms with Crippen LogP contribution in [0.1, 0.15) is 0 Å². The first-order chi connectivity index (χ1) is 10.7. The van der Waals surface area contributed by atoms with Crippen molar-refractivity contribution in [2.75, 3.05) is 5.73 Å². The van der Waals surface area contributed by atoms with Gasteiger partial charge in [0.25, 0.3) is 0 Å². The van der Waals surface area contributed by atoms with Crippen LogP contribution in [0.15, 0.2) is 72.8 Å². The SMILES string of the molecule is Nc1[c]c2ccccc2cc1.Oc1[c]c2ccccc2cc1. The summed E-state index contributed by atoms with van der Waals surface area (Å²) in [4.78, 5) is 0. The second-order valence-corrected chi connectivity index (χ2v) is 4.93. The third kappa shape index (κ3) is 3.18. The lowest BCUT2D eigenvalue weighted by Crippen LogP contribution is -1.83. The van der Waals surface area contributed by atoms with Crippen molar-refractivity contribution < 1.29 is 5.11 Å². The topological polar surface area (TPSA) is 46.2 Å². The van der Waals surface area contributed by atoms with Crippen molar-refractivity contribution in [3.05, 3.63) is 84.9 Å². The van der Waals surface area contributed by atoms with E-state index < -0.39 is 0 Å². The number of aromatic hydroxyl groups is 1. The van der Waals surface area contributed by atoms with E-state index in [2.05, 4.69) is 12.1 Å². The minimum atomic E-state index is 0.198. The molecule has 0 heterocycles. The molecule has 0 aliphatic rings. The lowest BCUT2D eigenvalue weighted by atomic mass is 10.1. The summed E-state index contributed by atoms with van der Waals surface area (Å²) < 4.78 is 0. The molecule has 0 saturated heterocycles. The van der Waals surface area contributed by atoms with Crippen LogP contribution in [-0.4, -0.2) is 5.11 Å². The van der Waals surface area contributed by atoms with Gasteiger partial charge in [0.15, 0.2) is 0 Å². The second-order valence-electron chi connectivity index (χ2n) is 4.93. The Labute approximate surface area is 129 Å². The van der Waals surface area contributed by atoms with Crippen molar-refractivity contribution in [3.63, 3.8) is 0 Å². The number of phenols is 1. The highest BCUT2D eigenvalue weighted by Crippen LogP contribution is 2.18. The van der Waals surface area contributed by atoms with E-state index >= 15 is 0 Å². The molecule has 2 nitrogen and oxygen atoms in total. The van der Waals surface area contributed by atoms with E-state index in [4.69, 9.17) is 10.8 Å². The van der Waals surface area contributed by atoms with Crippen LogP contribution < -0.4 is 5.73 Å². The molecule has 0 amide bonds. The maximum absolute atomic E-state index is 9.07. The molecule has 2 radical (unpaired) electrons. The molecule has 22 heavy (non-hydrogen) atoms. The van der Waals surface area contributed by atoms with Crippen LogP contribution >= 0.6 is 0 Å². The molecular weight excluding hydrogens is 270 g/mol. The van der Waals surface area contributed by atoms with Gasteiger partial charge in [0, 0.05) is 17.8 Å². The first-order valence-electron chi connectivity index (χ1n) is 6.99. The maximum Gasteiger partial charge on any atom is 0.124 e. The lowest BCUT2D eigenvalue weighted by molar-refractivity contribution is 0.475. The summed E-state index contributed by atoms with van der Waals surface area (Å²) in [5, 5.41) is 13.4. The molecule has 0 aliphatic heterocycles. The van der Waals surface area contributed by atoms with Crippen LogP contribution in [-0.2, 0) is 0 Å². The van der Waals surface area contributed by atoms with Crippen molar-refractivity contribution >= 4 is 27.2 Å². The zero-order valence-corrected chi connectivity index (χ0v) is 12.0. The van der Waals surface area contributed by atoms with Crippen LogP contribution in [0, 0.1) is 12.1 Å². The summed E-state index contributed by atoms with van der Waals surface area (Å²) in [7, 11) is 0. The Morgan fingerprint density at radius 2 is 1.18 bits per heavy atom. The molecule has 0 saturated carbocycles. The van der Waals surface area contributed by atoms with E-state index in [-0.39, 0.29) is 5.75 Å². The van der Waals surface area contributed by atoms with Gasteiger partial charge < -0.3 is 10.8 Å². The zero-order valence-electron chi connectivity index (χ0n) is 12.0. The zero-order chi connectivity index (χ0) is 15.4. The number of hydrogen-bond donors (Lipinski definition) is 2. The van der Waals surface area contributed by atoms with Crippen molar-refractivity contribution in [2.45, 2.75) is 0 Å². The third-order valence-electron chi connectivity index (χ3n) is 3.33. The maximum atomic E-state index is 9.07. The van der Waals surface area contributed by atoms with Crippen LogP contribution in [0.25, 0.3) is 21.5 Å². The van der Waals surface area contributed by atoms with Gasteiger partial charge in [0.05, 0.1) is 0 Å². The normalized spacial score (nSPS) is 10.2. The standard InChI is InChI=1S/C10H8N.C10H7O/c2*11-10-6-5-8-3-1-2-4-9(8)7-10/h1-6H,11H2;1-6,11H. The van der Waals surface area contributed by atoms with Gasteiger partial charge in [0.2, 0.25) is 0 Å². The minimum absolute atomic E-state index is 0.198. The number of nitrogens with two attached hydrogens (primary N) is 1. The number of benzene rings is 4. The van der Waals surface area contributed by atoms with Gasteiger partial charge in [-0.1, -0.05) is 60.7 Å². The predicted octanol–water partition coefficient (Wildman–Crippen LogP) is 4.57. The summed E-state index contributed by atoms with van der Waals surface area (Å²) in [6, 6.07) is 29.1. The third-order valence-corrected chi connectivity index (χ3v) is 3.33. The van der Waals surface area contributed by atoms with E-state index in [1.165, 1.54) is 5.39 Å². The van der Waals surface area contributed by atoms with Crippen LogP contribution in [0.5, 0.6) is 5.75 Å². The number of anilines is 1. The van der Waals surface area contributed by atoms with Crippen molar-refractivity contribution in [1.82, 2.24) is 0 Å². The molecule has 0 aliphatic carbocycles. The quantitative estimate of drug-likeness (QED) is 0.465. The highest BCUT2D eigenvalue weighted by molar-refractivity contribution is 5.84. The summed E-state index contributed by atoms with van der Waals surface area (Å²) in [5.74, 6) is 0.198. The van der Waals surface area contributed by atoms with Gasteiger partial charge >= 0.3 is 0 Å². The van der Waals surface area contributed by atoms with Gasteiger partial charge in [0.1, 0.15) is 5.75 Å². The largest absolute Gasteiger partial charge is 0.507 e. The molecule has 0 aromatic heterocycles. The first-order valence-corrected chi connectivity index (χ1v) is 6.99. The molecular formula is C20H15NO. The lowest BCUT2D eigenvalue weighted by Gasteiger charge is -1.96. The minimum Gasteiger partial charge on any atom is -0.507 e. The summed E-state index contributed by atoms with van der Waals surface area (Å²) >= 11 is 0. The number of fused-ring (bicyclic) bond motifs is 2. The molecule has 4 aromatic rings. The Hall–Kier alpha value is -3.00. The van der Waals surface area contributed by atoms with E-state index in [1.54, 1.807) is 6.07 Å². The van der Waals surface area contributed by atoms with Crippen LogP contribution in [0.3, 0.4) is 0 Å². The molecule has 0 fully saturated rings. The first kappa shape index (κ1) is 14.0. The van der Waals surface area contributed by atoms with E-state index in [0.717, 1.165) is 16.2 Å². The monoisotopic (exact) mass is 285 g/mol. The van der Waals surface area contributed by atoms with Crippen LogP contribution in [0.2, 0.25) is 0 Å². The molecule has 4 rings (SSSR count). The second kappa shape index (κ2) is 6.19. The molecule has 0 unspecified atom stereocenters. The Morgan fingerprint density at radius 1 is 0.636 bits per heavy atom. The van der Waals surface area contributed by atoms with Crippen molar-refractivity contribution in [2.24, 2.45) is 0 Å². The fraction of sp³-hybridized carbons (Fsp3) is 0. The highest BCUT2D eigenvalue weighted by atomic mass is 16.3. The number of rotatable bonds is 0. The highest BCUT2D eigenvalue weighted by Gasteiger charge is 1.92. The molecule has 0 spiro atoms. The fourth-order valence-corrected chi connectivity index (χ4v) is 2.24. The number of nitrogen functional groups attached to an aromatic ring is 1. The molecule has 4 aromatic carbocycles. The van der Waals surface area contributed by atoms with E-state index in [0.29, 0.717) is 5.69 Å². The van der Waals surface area contributed by atoms with E-state index in [9.17, 15) is 0 Å². The number of phenolic OH excluding ortho intramolecular Hbond substituents is 1. The van der Waals surface area contributed by atoms with Crippen molar-refractivity contribution in [1.29, 1.82) is 0 Å². The van der Waals surface area contributed by atoms with E-state index in [1.807, 2.05) is 66.7 Å². The Bertz CT molecular complexity index is 838. The Balaban J connectivity index is 0.000000131. The summed E-state index contributed by atoms with van der Waals surface area (Å²) in [6.07, 6.45) is 0.